The normalized spacial score (nSPS) is 12.1. The Morgan fingerprint density at radius 2 is 1.86 bits per heavy atom. The minimum Gasteiger partial charge on any atom is -0.396 e. The Morgan fingerprint density at radius 3 is 2.70 bits per heavy atom. The Hall–Kier alpha value is -5.22. The Kier molecular flexibility index (Phi) is 8.25. The van der Waals surface area contributed by atoms with Gasteiger partial charge in [0.25, 0.3) is 5.91 Å². The molecule has 0 aliphatic carbocycles. The van der Waals surface area contributed by atoms with Crippen molar-refractivity contribution in [2.75, 3.05) is 18.5 Å². The minimum atomic E-state index is -0.175. The van der Waals surface area contributed by atoms with Crippen LogP contribution in [0, 0.1) is 5.41 Å². The van der Waals surface area contributed by atoms with Crippen molar-refractivity contribution in [2.24, 2.45) is 5.73 Å². The van der Waals surface area contributed by atoms with E-state index in [4.69, 9.17) is 21.1 Å². The van der Waals surface area contributed by atoms with Crippen molar-refractivity contribution in [1.82, 2.24) is 24.8 Å². The predicted molar refractivity (Wildman–Crippen MR) is 175 cm³/mol. The fourth-order valence-corrected chi connectivity index (χ4v) is 5.74. The molecule has 10 heteroatoms. The van der Waals surface area contributed by atoms with E-state index in [1.807, 2.05) is 48.5 Å². The molecule has 6 rings (SSSR count). The van der Waals surface area contributed by atoms with Gasteiger partial charge in [-0.2, -0.15) is 0 Å². The van der Waals surface area contributed by atoms with E-state index in [9.17, 15) is 9.90 Å². The molecule has 0 fully saturated rings. The molecule has 1 amide bonds. The molecule has 2 heterocycles. The van der Waals surface area contributed by atoms with Crippen molar-refractivity contribution in [3.05, 3.63) is 102 Å². The number of benzene rings is 4. The minimum absolute atomic E-state index is 0.113. The van der Waals surface area contributed by atoms with Gasteiger partial charge in [-0.25, -0.2) is 9.97 Å². The molecular formula is C34H36N8O2. The topological polar surface area (TPSA) is 158 Å². The monoisotopic (exact) mass is 588 g/mol. The molecular weight excluding hydrogens is 552 g/mol. The molecule has 0 aliphatic rings. The molecule has 1 unspecified atom stereocenters. The highest BCUT2D eigenvalue weighted by Gasteiger charge is 2.22. The van der Waals surface area contributed by atoms with Crippen LogP contribution in [0.4, 0.5) is 5.69 Å². The fourth-order valence-electron chi connectivity index (χ4n) is 5.74. The zero-order chi connectivity index (χ0) is 30.6. The van der Waals surface area contributed by atoms with Gasteiger partial charge in [-0.1, -0.05) is 42.5 Å². The zero-order valence-corrected chi connectivity index (χ0v) is 24.6. The van der Waals surface area contributed by atoms with Crippen LogP contribution >= 0.6 is 0 Å². The highest BCUT2D eigenvalue weighted by atomic mass is 16.3. The number of hydrogen-bond acceptors (Lipinski definition) is 5. The number of nitrogens with two attached hydrogens (primary N) is 1. The number of unbranched alkanes of at least 4 members (excludes halogenated alkanes) is 1. The lowest BCUT2D eigenvalue weighted by atomic mass is 10.0. The summed E-state index contributed by atoms with van der Waals surface area (Å²) in [5, 5.41) is 25.2. The number of carbonyl (C=O) groups is 1. The summed E-state index contributed by atoms with van der Waals surface area (Å²) in [6.45, 7) is 3.34. The summed E-state index contributed by atoms with van der Waals surface area (Å²) in [5.41, 5.74) is 11.2. The van der Waals surface area contributed by atoms with Crippen molar-refractivity contribution in [3.63, 3.8) is 0 Å². The summed E-state index contributed by atoms with van der Waals surface area (Å²) < 4.78 is 2.14. The lowest BCUT2D eigenvalue weighted by Crippen LogP contribution is -2.25. The lowest BCUT2D eigenvalue weighted by molar-refractivity contribution is 0.0954. The highest BCUT2D eigenvalue weighted by Crippen LogP contribution is 2.29. The van der Waals surface area contributed by atoms with Crippen LogP contribution in [0.15, 0.2) is 78.9 Å². The van der Waals surface area contributed by atoms with Gasteiger partial charge in [0, 0.05) is 30.9 Å². The van der Waals surface area contributed by atoms with Gasteiger partial charge in [0.05, 0.1) is 28.0 Å². The maximum atomic E-state index is 13.3. The number of amides is 1. The second-order valence-corrected chi connectivity index (χ2v) is 11.0. The molecule has 7 N–H and O–H groups in total. The summed E-state index contributed by atoms with van der Waals surface area (Å²) in [5.74, 6) is 1.14. The largest absolute Gasteiger partial charge is 0.396 e. The van der Waals surface area contributed by atoms with Crippen LogP contribution in [-0.4, -0.2) is 49.6 Å². The van der Waals surface area contributed by atoms with E-state index < -0.39 is 0 Å². The first-order chi connectivity index (χ1) is 21.4. The fraction of sp³-hybridized carbons (Fsp3) is 0.235. The third kappa shape index (κ3) is 5.97. The molecule has 0 spiro atoms. The van der Waals surface area contributed by atoms with Crippen LogP contribution in [-0.2, 0) is 13.0 Å². The Morgan fingerprint density at radius 1 is 1.02 bits per heavy atom. The molecule has 4 aromatic carbocycles. The molecule has 224 valence electrons. The number of nitrogens with zero attached hydrogens (tertiary/aromatic N) is 3. The van der Waals surface area contributed by atoms with Crippen molar-refractivity contribution >= 4 is 50.4 Å². The van der Waals surface area contributed by atoms with Gasteiger partial charge in [-0.3, -0.25) is 10.2 Å². The number of aromatic nitrogens is 4. The molecule has 0 bridgehead atoms. The number of aliphatic hydroxyl groups is 1. The van der Waals surface area contributed by atoms with Crippen molar-refractivity contribution < 1.29 is 9.90 Å². The first-order valence-corrected chi connectivity index (χ1v) is 14.9. The number of carbonyl (C=O) groups excluding carboxylic acids is 1. The molecule has 10 nitrogen and oxygen atoms in total. The molecule has 6 aromatic rings. The molecule has 1 atom stereocenters. The maximum absolute atomic E-state index is 13.3. The average molecular weight is 589 g/mol. The van der Waals surface area contributed by atoms with Gasteiger partial charge in [-0.05, 0) is 78.9 Å². The van der Waals surface area contributed by atoms with Crippen LogP contribution in [0.1, 0.15) is 53.3 Å². The average Bonchev–Trinajstić information content (AvgIpc) is 3.61. The van der Waals surface area contributed by atoms with Gasteiger partial charge in [0.15, 0.2) is 5.96 Å². The molecule has 0 saturated carbocycles. The van der Waals surface area contributed by atoms with Crippen LogP contribution in [0.25, 0.3) is 32.8 Å². The number of rotatable bonds is 11. The third-order valence-corrected chi connectivity index (χ3v) is 7.97. The summed E-state index contributed by atoms with van der Waals surface area (Å²) >= 11 is 0. The molecule has 44 heavy (non-hydrogen) atoms. The quantitative estimate of drug-likeness (QED) is 0.0688. The molecule has 0 saturated heterocycles. The molecule has 2 aromatic heterocycles. The van der Waals surface area contributed by atoms with E-state index in [2.05, 4.69) is 57.4 Å². The Labute approximate surface area is 254 Å². The Balaban J connectivity index is 1.25. The van der Waals surface area contributed by atoms with E-state index in [0.29, 0.717) is 30.8 Å². The highest BCUT2D eigenvalue weighted by molar-refractivity contribution is 5.97. The Bertz CT molecular complexity index is 1970. The second-order valence-electron chi connectivity index (χ2n) is 11.0. The van der Waals surface area contributed by atoms with Crippen molar-refractivity contribution in [2.45, 2.75) is 38.6 Å². The number of aliphatic hydroxyl groups excluding tert-OH is 1. The summed E-state index contributed by atoms with van der Waals surface area (Å²) in [4.78, 5) is 26.5. The van der Waals surface area contributed by atoms with Gasteiger partial charge < -0.3 is 31.0 Å². The second kappa shape index (κ2) is 12.6. The van der Waals surface area contributed by atoms with E-state index in [-0.39, 0.29) is 24.4 Å². The van der Waals surface area contributed by atoms with Crippen LogP contribution < -0.4 is 16.4 Å². The van der Waals surface area contributed by atoms with Gasteiger partial charge in [0.1, 0.15) is 11.6 Å². The van der Waals surface area contributed by atoms with Gasteiger partial charge in [0.2, 0.25) is 0 Å². The third-order valence-electron chi connectivity index (χ3n) is 7.97. The van der Waals surface area contributed by atoms with E-state index in [1.165, 1.54) is 16.3 Å². The summed E-state index contributed by atoms with van der Waals surface area (Å²) in [7, 11) is 0. The molecule has 0 radical (unpaired) electrons. The van der Waals surface area contributed by atoms with Gasteiger partial charge >= 0.3 is 0 Å². The van der Waals surface area contributed by atoms with E-state index in [1.54, 1.807) is 0 Å². The van der Waals surface area contributed by atoms with Crippen molar-refractivity contribution in [3.8, 4) is 0 Å². The van der Waals surface area contributed by atoms with Gasteiger partial charge in [-0.15, -0.1) is 0 Å². The standard InChI is InChI=1S/C34H36N8O2/c1-21(31-39-27-14-12-25(38-34(35)36)20-29(27)40-31)32-41-28-13-11-24(19-30(28)42(32)17-4-5-18-43)33(44)37-16-15-23-9-6-8-22-7-2-3-10-26(22)23/h2-3,6-14,19-21,43H,4-5,15-18H2,1H3,(H,37,44)(H,39,40)(H4,35,36,38). The van der Waals surface area contributed by atoms with E-state index >= 15 is 0 Å². The number of anilines is 1. The zero-order valence-electron chi connectivity index (χ0n) is 24.6. The molecule has 0 aliphatic heterocycles. The number of fused-ring (bicyclic) bond motifs is 3. The number of H-pyrrole nitrogens is 1. The SMILES string of the molecule is CC(c1nc2cc(NC(=N)N)ccc2[nH]1)c1nc2ccc(C(=O)NCCc3cccc4ccccc34)cc2n1CCCCO. The number of guanidine groups is 1. The van der Waals surface area contributed by atoms with Crippen LogP contribution in [0.2, 0.25) is 0 Å². The van der Waals surface area contributed by atoms with Crippen LogP contribution in [0.5, 0.6) is 0 Å². The first-order valence-electron chi connectivity index (χ1n) is 14.9. The number of imidazole rings is 2. The smallest absolute Gasteiger partial charge is 0.251 e. The lowest BCUT2D eigenvalue weighted by Gasteiger charge is -2.13. The number of aryl methyl sites for hydroxylation is 1. The number of aromatic amines is 1. The number of nitrogens with one attached hydrogen (secondary N) is 4. The van der Waals surface area contributed by atoms with Crippen molar-refractivity contribution in [1.29, 1.82) is 5.41 Å². The first kappa shape index (κ1) is 28.9. The number of hydrogen-bond donors (Lipinski definition) is 6. The van der Waals surface area contributed by atoms with E-state index in [0.717, 1.165) is 46.6 Å². The summed E-state index contributed by atoms with van der Waals surface area (Å²) in [6, 6.07) is 25.8. The maximum Gasteiger partial charge on any atom is 0.251 e. The van der Waals surface area contributed by atoms with Crippen LogP contribution in [0.3, 0.4) is 0 Å². The summed E-state index contributed by atoms with van der Waals surface area (Å²) in [6.07, 6.45) is 2.17. The predicted octanol–water partition coefficient (Wildman–Crippen LogP) is 5.27.